The van der Waals surface area contributed by atoms with Crippen LogP contribution in [0.2, 0.25) is 0 Å². The smallest absolute Gasteiger partial charge is 0.256 e. The Morgan fingerprint density at radius 2 is 2.18 bits per heavy atom. The number of rotatable bonds is 5. The third kappa shape index (κ3) is 2.69. The first kappa shape index (κ1) is 15.9. The summed E-state index contributed by atoms with van der Waals surface area (Å²) in [4.78, 5) is 0. The number of sulfonamides is 1. The predicted octanol–water partition coefficient (Wildman–Crippen LogP) is 2.21. The van der Waals surface area contributed by atoms with Crippen LogP contribution in [0.1, 0.15) is 11.5 Å². The Balaban J connectivity index is 1.90. The topological polar surface area (TPSA) is 66.8 Å². The van der Waals surface area contributed by atoms with Crippen molar-refractivity contribution in [2.24, 2.45) is 5.92 Å². The van der Waals surface area contributed by atoms with Crippen molar-refractivity contribution in [2.45, 2.75) is 10.1 Å². The fourth-order valence-corrected chi connectivity index (χ4v) is 6.48. The van der Waals surface area contributed by atoms with Gasteiger partial charge in [-0.15, -0.1) is 11.3 Å². The summed E-state index contributed by atoms with van der Waals surface area (Å²) in [6, 6.07) is 3.66. The molecule has 1 aliphatic rings. The molecule has 1 N–H and O–H groups in total. The van der Waals surface area contributed by atoms with E-state index in [0.29, 0.717) is 18.8 Å². The second kappa shape index (κ2) is 6.29. The molecule has 0 aromatic carbocycles. The molecule has 1 saturated heterocycles. The molecule has 0 amide bonds. The van der Waals surface area contributed by atoms with Crippen LogP contribution in [0.25, 0.3) is 0 Å². The van der Waals surface area contributed by atoms with E-state index in [9.17, 15) is 13.5 Å². The Hall–Kier alpha value is -0.930. The molecule has 3 heterocycles. The number of nitrogens with zero attached hydrogens (tertiary/aromatic N) is 1. The Bertz CT molecular complexity index is 723. The van der Waals surface area contributed by atoms with Crippen LogP contribution in [0, 0.1) is 5.92 Å². The van der Waals surface area contributed by atoms with Crippen molar-refractivity contribution < 1.29 is 18.3 Å². The van der Waals surface area contributed by atoms with Gasteiger partial charge in [-0.2, -0.15) is 15.6 Å². The predicted molar refractivity (Wildman–Crippen MR) is 87.3 cm³/mol. The first-order valence-electron chi connectivity index (χ1n) is 6.82. The maximum Gasteiger partial charge on any atom is 0.256 e. The quantitative estimate of drug-likeness (QED) is 0.889. The Labute approximate surface area is 137 Å². The van der Waals surface area contributed by atoms with Crippen molar-refractivity contribution in [1.82, 2.24) is 4.31 Å². The first-order chi connectivity index (χ1) is 10.6. The van der Waals surface area contributed by atoms with Crippen molar-refractivity contribution in [3.05, 3.63) is 33.8 Å². The van der Waals surface area contributed by atoms with Crippen molar-refractivity contribution in [3.8, 4) is 5.75 Å². The van der Waals surface area contributed by atoms with E-state index in [1.165, 1.54) is 11.4 Å². The van der Waals surface area contributed by atoms with E-state index >= 15 is 0 Å². The van der Waals surface area contributed by atoms with Gasteiger partial charge in [-0.05, 0) is 33.8 Å². The molecule has 1 fully saturated rings. The van der Waals surface area contributed by atoms with Crippen LogP contribution in [-0.2, 0) is 10.0 Å². The van der Waals surface area contributed by atoms with Gasteiger partial charge in [-0.1, -0.05) is 0 Å². The highest BCUT2D eigenvalue weighted by Crippen LogP contribution is 2.39. The van der Waals surface area contributed by atoms with Crippen molar-refractivity contribution in [2.75, 3.05) is 26.8 Å². The molecule has 0 saturated carbocycles. The largest absolute Gasteiger partial charge is 0.494 e. The number of hydrogen-bond donors (Lipinski definition) is 1. The molecule has 3 rings (SSSR count). The van der Waals surface area contributed by atoms with Gasteiger partial charge >= 0.3 is 0 Å². The molecular weight excluding hydrogens is 342 g/mol. The third-order valence-electron chi connectivity index (χ3n) is 4.00. The zero-order valence-corrected chi connectivity index (χ0v) is 14.5. The SMILES string of the molecule is COc1ccsc1S(=O)(=O)N1CC(CO)C(c2ccsc2)C1. The minimum Gasteiger partial charge on any atom is -0.494 e. The zero-order valence-electron chi connectivity index (χ0n) is 12.0. The van der Waals surface area contributed by atoms with Crippen LogP contribution < -0.4 is 4.74 Å². The minimum absolute atomic E-state index is 0.0197. The van der Waals surface area contributed by atoms with Crippen LogP contribution in [0.5, 0.6) is 5.75 Å². The number of methoxy groups -OCH3 is 1. The van der Waals surface area contributed by atoms with Gasteiger partial charge in [0.25, 0.3) is 10.0 Å². The summed E-state index contributed by atoms with van der Waals surface area (Å²) < 4.78 is 32.5. The van der Waals surface area contributed by atoms with Crippen LogP contribution in [0.3, 0.4) is 0 Å². The summed E-state index contributed by atoms with van der Waals surface area (Å²) in [5.41, 5.74) is 1.10. The summed E-state index contributed by atoms with van der Waals surface area (Å²) in [7, 11) is -2.12. The lowest BCUT2D eigenvalue weighted by Crippen LogP contribution is -2.29. The fourth-order valence-electron chi connectivity index (χ4n) is 2.82. The van der Waals surface area contributed by atoms with E-state index in [2.05, 4.69) is 0 Å². The van der Waals surface area contributed by atoms with E-state index in [1.54, 1.807) is 22.8 Å². The van der Waals surface area contributed by atoms with Gasteiger partial charge < -0.3 is 9.84 Å². The van der Waals surface area contributed by atoms with E-state index < -0.39 is 10.0 Å². The number of ether oxygens (including phenoxy) is 1. The zero-order chi connectivity index (χ0) is 15.7. The molecule has 0 aliphatic carbocycles. The number of hydrogen-bond acceptors (Lipinski definition) is 6. The maximum absolute atomic E-state index is 12.8. The highest BCUT2D eigenvalue weighted by atomic mass is 32.2. The molecule has 5 nitrogen and oxygen atoms in total. The molecule has 0 bridgehead atoms. The lowest BCUT2D eigenvalue weighted by Gasteiger charge is -2.16. The summed E-state index contributed by atoms with van der Waals surface area (Å²) in [5.74, 6) is 0.344. The van der Waals surface area contributed by atoms with Crippen molar-refractivity contribution in [3.63, 3.8) is 0 Å². The standard InChI is InChI=1S/C14H17NO4S3/c1-19-13-3-5-21-14(13)22(17,18)15-6-11(8-16)12(7-15)10-2-4-20-9-10/h2-5,9,11-12,16H,6-8H2,1H3. The number of thiophene rings is 2. The average Bonchev–Trinajstić information content (AvgIpc) is 3.24. The molecule has 22 heavy (non-hydrogen) atoms. The highest BCUT2D eigenvalue weighted by Gasteiger charge is 2.41. The summed E-state index contributed by atoms with van der Waals surface area (Å²) in [6.07, 6.45) is 0. The molecule has 2 atom stereocenters. The van der Waals surface area contributed by atoms with Gasteiger partial charge in [0.1, 0.15) is 5.75 Å². The van der Waals surface area contributed by atoms with E-state index in [0.717, 1.165) is 16.9 Å². The summed E-state index contributed by atoms with van der Waals surface area (Å²) in [6.45, 7) is 0.708. The van der Waals surface area contributed by atoms with Crippen molar-refractivity contribution in [1.29, 1.82) is 0 Å². The molecule has 2 aromatic rings. The van der Waals surface area contributed by atoms with Gasteiger partial charge in [0.2, 0.25) is 0 Å². The molecular formula is C14H17NO4S3. The molecule has 2 unspecified atom stereocenters. The van der Waals surface area contributed by atoms with E-state index in [4.69, 9.17) is 4.74 Å². The van der Waals surface area contributed by atoms with Crippen LogP contribution in [-0.4, -0.2) is 44.6 Å². The summed E-state index contributed by atoms with van der Waals surface area (Å²) >= 11 is 2.74. The second-order valence-electron chi connectivity index (χ2n) is 5.20. The fraction of sp³-hybridized carbons (Fsp3) is 0.429. The van der Waals surface area contributed by atoms with Gasteiger partial charge in [0.15, 0.2) is 4.21 Å². The lowest BCUT2D eigenvalue weighted by molar-refractivity contribution is 0.223. The van der Waals surface area contributed by atoms with Crippen molar-refractivity contribution >= 4 is 32.7 Å². The molecule has 0 spiro atoms. The molecule has 120 valence electrons. The highest BCUT2D eigenvalue weighted by molar-refractivity contribution is 7.91. The monoisotopic (exact) mass is 359 g/mol. The van der Waals surface area contributed by atoms with Crippen LogP contribution >= 0.6 is 22.7 Å². The Morgan fingerprint density at radius 3 is 2.82 bits per heavy atom. The molecule has 8 heteroatoms. The van der Waals surface area contributed by atoms with E-state index in [1.807, 2.05) is 16.8 Å². The molecule has 0 radical (unpaired) electrons. The lowest BCUT2D eigenvalue weighted by atomic mass is 9.92. The molecule has 2 aromatic heterocycles. The molecule has 1 aliphatic heterocycles. The average molecular weight is 359 g/mol. The van der Waals surface area contributed by atoms with Crippen LogP contribution in [0.15, 0.2) is 32.5 Å². The Kier molecular flexibility index (Phi) is 4.56. The Morgan fingerprint density at radius 1 is 1.36 bits per heavy atom. The second-order valence-corrected chi connectivity index (χ2v) is 9.03. The first-order valence-corrected chi connectivity index (χ1v) is 10.1. The van der Waals surface area contributed by atoms with Gasteiger partial charge in [0, 0.05) is 31.5 Å². The van der Waals surface area contributed by atoms with Gasteiger partial charge in [-0.25, -0.2) is 8.42 Å². The number of aliphatic hydroxyl groups excluding tert-OH is 1. The normalized spacial score (nSPS) is 23.0. The van der Waals surface area contributed by atoms with Gasteiger partial charge in [0.05, 0.1) is 7.11 Å². The van der Waals surface area contributed by atoms with Crippen LogP contribution in [0.4, 0.5) is 0 Å². The van der Waals surface area contributed by atoms with Gasteiger partial charge in [-0.3, -0.25) is 0 Å². The number of aliphatic hydroxyl groups is 1. The third-order valence-corrected chi connectivity index (χ3v) is 7.96. The summed E-state index contributed by atoms with van der Waals surface area (Å²) in [5, 5.41) is 15.3. The minimum atomic E-state index is -3.59. The maximum atomic E-state index is 12.8. The van der Waals surface area contributed by atoms with E-state index in [-0.39, 0.29) is 22.7 Å².